The summed E-state index contributed by atoms with van der Waals surface area (Å²) in [7, 11) is 0. The minimum atomic E-state index is -1.05. The van der Waals surface area contributed by atoms with Crippen molar-refractivity contribution >= 4 is 49.3 Å². The summed E-state index contributed by atoms with van der Waals surface area (Å²) < 4.78 is 6.86. The van der Waals surface area contributed by atoms with Crippen molar-refractivity contribution in [3.63, 3.8) is 0 Å². The van der Waals surface area contributed by atoms with Crippen LogP contribution in [-0.4, -0.2) is 30.2 Å². The maximum atomic E-state index is 12.7. The number of halogens is 2. The van der Waals surface area contributed by atoms with E-state index in [-0.39, 0.29) is 11.7 Å². The topological polar surface area (TPSA) is 96.9 Å². The van der Waals surface area contributed by atoms with Crippen molar-refractivity contribution in [2.75, 3.05) is 18.5 Å². The number of ether oxygens (including phenoxy) is 1. The zero-order chi connectivity index (χ0) is 15.5. The molecule has 0 spiro atoms. The number of benzene rings is 1. The molecule has 2 rings (SSSR count). The molecule has 21 heavy (non-hydrogen) atoms. The normalized spacial score (nSPS) is 18.3. The van der Waals surface area contributed by atoms with Gasteiger partial charge in [0.25, 0.3) is 0 Å². The third-order valence-corrected chi connectivity index (χ3v) is 4.74. The van der Waals surface area contributed by atoms with Crippen LogP contribution in [0.15, 0.2) is 32.3 Å². The van der Waals surface area contributed by atoms with E-state index in [2.05, 4.69) is 42.3 Å². The second-order valence-electron chi connectivity index (χ2n) is 4.76. The molecule has 0 aliphatic carbocycles. The molecule has 1 aliphatic heterocycles. The predicted molar refractivity (Wildman–Crippen MR) is 86.4 cm³/mol. The number of nitrogens with two attached hydrogens (primary N) is 1. The molecule has 0 saturated carbocycles. The summed E-state index contributed by atoms with van der Waals surface area (Å²) >= 11 is 6.74. The largest absolute Gasteiger partial charge is 0.409 e. The van der Waals surface area contributed by atoms with Crippen molar-refractivity contribution < 1.29 is 14.7 Å². The lowest BCUT2D eigenvalue weighted by atomic mass is 9.78. The molecule has 1 aromatic carbocycles. The van der Waals surface area contributed by atoms with Crippen LogP contribution in [0.4, 0.5) is 5.69 Å². The van der Waals surface area contributed by atoms with Crippen LogP contribution in [-0.2, 0) is 9.53 Å². The van der Waals surface area contributed by atoms with Crippen LogP contribution >= 0.6 is 31.9 Å². The second-order valence-corrected chi connectivity index (χ2v) is 6.53. The molecule has 1 fully saturated rings. The fraction of sp³-hybridized carbons (Fsp3) is 0.385. The van der Waals surface area contributed by atoms with E-state index >= 15 is 0 Å². The number of oxime groups is 1. The summed E-state index contributed by atoms with van der Waals surface area (Å²) in [4.78, 5) is 12.7. The summed E-state index contributed by atoms with van der Waals surface area (Å²) in [6, 6.07) is 5.45. The molecule has 1 saturated heterocycles. The highest BCUT2D eigenvalue weighted by Gasteiger charge is 2.44. The summed E-state index contributed by atoms with van der Waals surface area (Å²) in [6.07, 6.45) is 0.751. The van der Waals surface area contributed by atoms with Crippen LogP contribution in [0, 0.1) is 5.41 Å². The molecule has 8 heteroatoms. The molecule has 0 bridgehead atoms. The molecule has 4 N–H and O–H groups in total. The van der Waals surface area contributed by atoms with E-state index in [1.54, 1.807) is 6.07 Å². The zero-order valence-electron chi connectivity index (χ0n) is 11.1. The minimum Gasteiger partial charge on any atom is -0.409 e. The molecule has 0 aromatic heterocycles. The Kier molecular flexibility index (Phi) is 5.23. The lowest BCUT2D eigenvalue weighted by Crippen LogP contribution is -2.50. The Morgan fingerprint density at radius 1 is 1.38 bits per heavy atom. The van der Waals surface area contributed by atoms with Gasteiger partial charge in [0.15, 0.2) is 5.84 Å². The number of hydrogen-bond donors (Lipinski definition) is 3. The zero-order valence-corrected chi connectivity index (χ0v) is 14.3. The standard InChI is InChI=1S/C13H15Br2N3O3/c14-8-1-2-9(15)10(7-8)17-12(19)13(11(16)18-20)3-5-21-6-4-13/h1-2,7,20H,3-6H2,(H2,16,18)(H,17,19). The van der Waals surface area contributed by atoms with Crippen molar-refractivity contribution in [2.24, 2.45) is 16.3 Å². The fourth-order valence-corrected chi connectivity index (χ4v) is 2.96. The Bertz CT molecular complexity index is 572. The van der Waals surface area contributed by atoms with Gasteiger partial charge in [0, 0.05) is 22.2 Å². The van der Waals surface area contributed by atoms with Crippen molar-refractivity contribution in [3.05, 3.63) is 27.1 Å². The Balaban J connectivity index is 2.29. The van der Waals surface area contributed by atoms with Crippen molar-refractivity contribution in [1.82, 2.24) is 0 Å². The monoisotopic (exact) mass is 419 g/mol. The third-order valence-electron chi connectivity index (χ3n) is 3.56. The van der Waals surface area contributed by atoms with E-state index in [1.165, 1.54) is 0 Å². The van der Waals surface area contributed by atoms with Gasteiger partial charge in [0.05, 0.1) is 5.69 Å². The molecule has 0 unspecified atom stereocenters. The number of carbonyl (C=O) groups excluding carboxylic acids is 1. The molecule has 1 heterocycles. The highest BCUT2D eigenvalue weighted by atomic mass is 79.9. The van der Waals surface area contributed by atoms with E-state index in [0.29, 0.717) is 31.7 Å². The number of rotatable bonds is 3. The number of anilines is 1. The van der Waals surface area contributed by atoms with Gasteiger partial charge in [0.2, 0.25) is 5.91 Å². The molecule has 114 valence electrons. The Morgan fingerprint density at radius 3 is 2.67 bits per heavy atom. The number of carbonyl (C=O) groups is 1. The quantitative estimate of drug-likeness (QED) is 0.303. The van der Waals surface area contributed by atoms with E-state index in [9.17, 15) is 4.79 Å². The lowest BCUT2D eigenvalue weighted by Gasteiger charge is -2.34. The van der Waals surface area contributed by atoms with Crippen LogP contribution in [0.25, 0.3) is 0 Å². The smallest absolute Gasteiger partial charge is 0.238 e. The number of amidine groups is 1. The number of amides is 1. The summed E-state index contributed by atoms with van der Waals surface area (Å²) in [5, 5.41) is 14.9. The van der Waals surface area contributed by atoms with Gasteiger partial charge in [-0.15, -0.1) is 0 Å². The summed E-state index contributed by atoms with van der Waals surface area (Å²) in [5.74, 6) is -0.394. The Morgan fingerprint density at radius 2 is 2.05 bits per heavy atom. The van der Waals surface area contributed by atoms with Gasteiger partial charge >= 0.3 is 0 Å². The van der Waals surface area contributed by atoms with Gasteiger partial charge in [-0.1, -0.05) is 21.1 Å². The third kappa shape index (κ3) is 3.38. The molecule has 0 radical (unpaired) electrons. The van der Waals surface area contributed by atoms with Gasteiger partial charge in [-0.2, -0.15) is 0 Å². The van der Waals surface area contributed by atoms with Gasteiger partial charge in [0.1, 0.15) is 5.41 Å². The first-order chi connectivity index (χ1) is 9.99. The van der Waals surface area contributed by atoms with Crippen LogP contribution in [0.2, 0.25) is 0 Å². The van der Waals surface area contributed by atoms with Crippen molar-refractivity contribution in [3.8, 4) is 0 Å². The van der Waals surface area contributed by atoms with Crippen LogP contribution in [0.1, 0.15) is 12.8 Å². The van der Waals surface area contributed by atoms with Crippen LogP contribution in [0.5, 0.6) is 0 Å². The first-order valence-corrected chi connectivity index (χ1v) is 7.90. The molecule has 1 aliphatic rings. The highest BCUT2D eigenvalue weighted by molar-refractivity contribution is 9.11. The maximum Gasteiger partial charge on any atom is 0.238 e. The van der Waals surface area contributed by atoms with Gasteiger partial charge in [-0.25, -0.2) is 0 Å². The van der Waals surface area contributed by atoms with Gasteiger partial charge in [-0.3, -0.25) is 4.79 Å². The summed E-state index contributed by atoms with van der Waals surface area (Å²) in [6.45, 7) is 0.784. The van der Waals surface area contributed by atoms with E-state index in [0.717, 1.165) is 8.95 Å². The average Bonchev–Trinajstić information content (AvgIpc) is 2.50. The number of nitrogens with one attached hydrogen (secondary N) is 1. The highest BCUT2D eigenvalue weighted by Crippen LogP contribution is 2.34. The molecule has 1 aromatic rings. The minimum absolute atomic E-state index is 0.0885. The first-order valence-electron chi connectivity index (χ1n) is 6.32. The van der Waals surface area contributed by atoms with Gasteiger partial charge in [-0.05, 0) is 47.0 Å². The Labute approximate surface area is 139 Å². The van der Waals surface area contributed by atoms with Crippen molar-refractivity contribution in [1.29, 1.82) is 0 Å². The fourth-order valence-electron chi connectivity index (χ4n) is 2.25. The van der Waals surface area contributed by atoms with Crippen molar-refractivity contribution in [2.45, 2.75) is 12.8 Å². The van der Waals surface area contributed by atoms with Gasteiger partial charge < -0.3 is 21.0 Å². The molecule has 0 atom stereocenters. The average molecular weight is 421 g/mol. The summed E-state index contributed by atoms with van der Waals surface area (Å²) in [5.41, 5.74) is 5.34. The maximum absolute atomic E-state index is 12.7. The Hall–Kier alpha value is -1.12. The SMILES string of the molecule is NC(=NO)C1(C(=O)Nc2cc(Br)ccc2Br)CCOCC1. The van der Waals surface area contributed by atoms with E-state index in [4.69, 9.17) is 15.7 Å². The van der Waals surface area contributed by atoms with Crippen LogP contribution in [0.3, 0.4) is 0 Å². The molecular weight excluding hydrogens is 406 g/mol. The lowest BCUT2D eigenvalue weighted by molar-refractivity contribution is -0.126. The molecule has 6 nitrogen and oxygen atoms in total. The second kappa shape index (κ2) is 6.76. The first kappa shape index (κ1) is 16.3. The molecular formula is C13H15Br2N3O3. The number of nitrogens with zero attached hydrogens (tertiary/aromatic N) is 1. The van der Waals surface area contributed by atoms with E-state index in [1.807, 2.05) is 12.1 Å². The number of hydrogen-bond acceptors (Lipinski definition) is 4. The molecule has 1 amide bonds. The van der Waals surface area contributed by atoms with E-state index < -0.39 is 5.41 Å². The predicted octanol–water partition coefficient (Wildman–Crippen LogP) is 2.69. The van der Waals surface area contributed by atoms with Crippen LogP contribution < -0.4 is 11.1 Å².